The van der Waals surface area contributed by atoms with E-state index in [1.165, 1.54) is 4.57 Å². The summed E-state index contributed by atoms with van der Waals surface area (Å²) in [7, 11) is 1.70. The molecule has 0 aliphatic carbocycles. The van der Waals surface area contributed by atoms with Gasteiger partial charge < -0.3 is 14.3 Å². The van der Waals surface area contributed by atoms with Gasteiger partial charge in [-0.1, -0.05) is 6.07 Å². The molecule has 5 heteroatoms. The summed E-state index contributed by atoms with van der Waals surface area (Å²) in [5, 5.41) is 9.00. The van der Waals surface area contributed by atoms with Gasteiger partial charge in [-0.3, -0.25) is 4.57 Å². The monoisotopic (exact) mass is 263 g/mol. The standard InChI is InChI=1S/C14H17NO4/c1-15-11-4-3-10(7-12(11)19-13(15)17)14(5-2-6-16)8-18-9-14/h3-4,7,16H,2,5-6,8-9H2,1H3. The molecule has 2 heterocycles. The molecule has 1 aliphatic rings. The van der Waals surface area contributed by atoms with Crippen molar-refractivity contribution in [1.29, 1.82) is 0 Å². The lowest BCUT2D eigenvalue weighted by molar-refractivity contribution is -0.0664. The van der Waals surface area contributed by atoms with Gasteiger partial charge in [-0.25, -0.2) is 4.79 Å². The predicted octanol–water partition coefficient (Wildman–Crippen LogP) is 1.17. The summed E-state index contributed by atoms with van der Waals surface area (Å²) in [4.78, 5) is 11.5. The molecule has 5 nitrogen and oxygen atoms in total. The van der Waals surface area contributed by atoms with Crippen molar-refractivity contribution in [2.24, 2.45) is 7.05 Å². The number of hydrogen-bond donors (Lipinski definition) is 1. The lowest BCUT2D eigenvalue weighted by atomic mass is 9.75. The number of rotatable bonds is 4. The summed E-state index contributed by atoms with van der Waals surface area (Å²) in [6.07, 6.45) is 1.63. The van der Waals surface area contributed by atoms with Crippen molar-refractivity contribution >= 4 is 11.1 Å². The normalized spacial score (nSPS) is 17.6. The molecule has 3 rings (SSSR count). The van der Waals surface area contributed by atoms with Crippen LogP contribution in [0.1, 0.15) is 18.4 Å². The van der Waals surface area contributed by atoms with Gasteiger partial charge in [-0.2, -0.15) is 0 Å². The zero-order chi connectivity index (χ0) is 13.5. The molecule has 1 N–H and O–H groups in total. The minimum atomic E-state index is -0.346. The number of benzene rings is 1. The summed E-state index contributed by atoms with van der Waals surface area (Å²) in [6, 6.07) is 5.86. The maximum absolute atomic E-state index is 11.5. The van der Waals surface area contributed by atoms with Gasteiger partial charge in [0.05, 0.1) is 18.7 Å². The zero-order valence-electron chi connectivity index (χ0n) is 10.9. The highest BCUT2D eigenvalue weighted by Gasteiger charge is 2.39. The fourth-order valence-corrected chi connectivity index (χ4v) is 2.68. The van der Waals surface area contributed by atoms with Crippen LogP contribution in [0.15, 0.2) is 27.4 Å². The maximum Gasteiger partial charge on any atom is 0.419 e. The van der Waals surface area contributed by atoms with Gasteiger partial charge in [0.15, 0.2) is 5.58 Å². The van der Waals surface area contributed by atoms with Crippen LogP contribution in [0.5, 0.6) is 0 Å². The third-order valence-electron chi connectivity index (χ3n) is 3.97. The van der Waals surface area contributed by atoms with Crippen LogP contribution in [0.25, 0.3) is 11.1 Å². The van der Waals surface area contributed by atoms with Gasteiger partial charge in [-0.05, 0) is 30.5 Å². The number of aliphatic hydroxyl groups excluding tert-OH is 1. The molecule has 0 spiro atoms. The van der Waals surface area contributed by atoms with Crippen LogP contribution in [0.2, 0.25) is 0 Å². The van der Waals surface area contributed by atoms with Crippen molar-refractivity contribution in [2.45, 2.75) is 18.3 Å². The lowest BCUT2D eigenvalue weighted by Gasteiger charge is -2.42. The average molecular weight is 263 g/mol. The molecule has 0 unspecified atom stereocenters. The minimum Gasteiger partial charge on any atom is -0.408 e. The molecule has 1 saturated heterocycles. The number of aromatic nitrogens is 1. The summed E-state index contributed by atoms with van der Waals surface area (Å²) in [6.45, 7) is 1.51. The van der Waals surface area contributed by atoms with Crippen molar-refractivity contribution in [1.82, 2.24) is 4.57 Å². The van der Waals surface area contributed by atoms with Crippen LogP contribution >= 0.6 is 0 Å². The molecular weight excluding hydrogens is 246 g/mol. The number of hydrogen-bond acceptors (Lipinski definition) is 4. The molecule has 0 bridgehead atoms. The lowest BCUT2D eigenvalue weighted by Crippen LogP contribution is -2.46. The van der Waals surface area contributed by atoms with Crippen LogP contribution in [0.4, 0.5) is 0 Å². The molecule has 2 aromatic rings. The highest BCUT2D eigenvalue weighted by atomic mass is 16.5. The number of aryl methyl sites for hydroxylation is 1. The molecule has 19 heavy (non-hydrogen) atoms. The zero-order valence-corrected chi connectivity index (χ0v) is 10.9. The molecule has 1 fully saturated rings. The molecule has 0 atom stereocenters. The van der Waals surface area contributed by atoms with E-state index in [9.17, 15) is 4.79 Å². The molecule has 0 amide bonds. The van der Waals surface area contributed by atoms with Crippen molar-refractivity contribution in [3.05, 3.63) is 34.3 Å². The quantitative estimate of drug-likeness (QED) is 0.899. The van der Waals surface area contributed by atoms with E-state index >= 15 is 0 Å². The van der Waals surface area contributed by atoms with Gasteiger partial charge in [0.1, 0.15) is 0 Å². The molecule has 0 saturated carbocycles. The molecule has 1 aliphatic heterocycles. The Bertz CT molecular complexity index is 651. The molecule has 1 aromatic carbocycles. The van der Waals surface area contributed by atoms with Crippen molar-refractivity contribution < 1.29 is 14.3 Å². The van der Waals surface area contributed by atoms with E-state index in [1.807, 2.05) is 18.2 Å². The van der Waals surface area contributed by atoms with Crippen LogP contribution in [0, 0.1) is 0 Å². The van der Waals surface area contributed by atoms with Gasteiger partial charge in [0.25, 0.3) is 0 Å². The second-order valence-electron chi connectivity index (χ2n) is 5.21. The SMILES string of the molecule is Cn1c(=O)oc2cc(C3(CCCO)COC3)ccc21. The van der Waals surface area contributed by atoms with E-state index in [2.05, 4.69) is 0 Å². The van der Waals surface area contributed by atoms with Crippen molar-refractivity contribution in [3.63, 3.8) is 0 Å². The van der Waals surface area contributed by atoms with Crippen LogP contribution in [0.3, 0.4) is 0 Å². The Kier molecular flexibility index (Phi) is 2.95. The van der Waals surface area contributed by atoms with Gasteiger partial charge in [0.2, 0.25) is 0 Å². The van der Waals surface area contributed by atoms with Crippen LogP contribution in [-0.2, 0) is 17.2 Å². The fourth-order valence-electron chi connectivity index (χ4n) is 2.68. The van der Waals surface area contributed by atoms with E-state index in [4.69, 9.17) is 14.3 Å². The molecular formula is C14H17NO4. The summed E-state index contributed by atoms with van der Waals surface area (Å²) in [5.74, 6) is -0.346. The third kappa shape index (κ3) is 1.89. The van der Waals surface area contributed by atoms with Gasteiger partial charge in [-0.15, -0.1) is 0 Å². The Morgan fingerprint density at radius 1 is 1.42 bits per heavy atom. The van der Waals surface area contributed by atoms with Crippen molar-refractivity contribution in [3.8, 4) is 0 Å². The topological polar surface area (TPSA) is 64.6 Å². The average Bonchev–Trinajstić information content (AvgIpc) is 2.64. The number of aliphatic hydroxyl groups is 1. The Morgan fingerprint density at radius 2 is 2.21 bits per heavy atom. The molecule has 102 valence electrons. The maximum atomic E-state index is 11.5. The number of ether oxygens (including phenoxy) is 1. The molecule has 0 radical (unpaired) electrons. The molecule has 1 aromatic heterocycles. The number of fused-ring (bicyclic) bond motifs is 1. The second-order valence-corrected chi connectivity index (χ2v) is 5.21. The van der Waals surface area contributed by atoms with Crippen LogP contribution < -0.4 is 5.76 Å². The number of oxazole rings is 1. The van der Waals surface area contributed by atoms with E-state index < -0.39 is 0 Å². The first-order chi connectivity index (χ1) is 9.16. The van der Waals surface area contributed by atoms with E-state index in [-0.39, 0.29) is 17.8 Å². The third-order valence-corrected chi connectivity index (χ3v) is 3.97. The first-order valence-electron chi connectivity index (χ1n) is 6.45. The predicted molar refractivity (Wildman–Crippen MR) is 70.3 cm³/mol. The minimum absolute atomic E-state index is 0.0364. The summed E-state index contributed by atoms with van der Waals surface area (Å²) >= 11 is 0. The Morgan fingerprint density at radius 3 is 2.84 bits per heavy atom. The van der Waals surface area contributed by atoms with Crippen LogP contribution in [-0.4, -0.2) is 29.5 Å². The Hall–Kier alpha value is -1.59. The Balaban J connectivity index is 2.02. The second kappa shape index (κ2) is 4.51. The fraction of sp³-hybridized carbons (Fsp3) is 0.500. The van der Waals surface area contributed by atoms with E-state index in [0.717, 1.165) is 23.9 Å². The summed E-state index contributed by atoms with van der Waals surface area (Å²) < 4.78 is 12.1. The first kappa shape index (κ1) is 12.4. The summed E-state index contributed by atoms with van der Waals surface area (Å²) in [5.41, 5.74) is 2.49. The first-order valence-corrected chi connectivity index (χ1v) is 6.45. The largest absolute Gasteiger partial charge is 0.419 e. The number of nitrogens with zero attached hydrogens (tertiary/aromatic N) is 1. The highest BCUT2D eigenvalue weighted by Crippen LogP contribution is 2.37. The van der Waals surface area contributed by atoms with E-state index in [1.54, 1.807) is 7.05 Å². The van der Waals surface area contributed by atoms with Gasteiger partial charge in [0, 0.05) is 19.1 Å². The Labute approximate surface area is 110 Å². The highest BCUT2D eigenvalue weighted by molar-refractivity contribution is 5.74. The van der Waals surface area contributed by atoms with E-state index in [0.29, 0.717) is 18.8 Å². The van der Waals surface area contributed by atoms with Gasteiger partial charge >= 0.3 is 5.76 Å². The smallest absolute Gasteiger partial charge is 0.408 e. The van der Waals surface area contributed by atoms with Crippen molar-refractivity contribution in [2.75, 3.05) is 19.8 Å².